The maximum Gasteiger partial charge on any atom is 0.135 e. The van der Waals surface area contributed by atoms with Crippen LogP contribution in [0, 0.1) is 0 Å². The van der Waals surface area contributed by atoms with Crippen LogP contribution < -0.4 is 5.73 Å². The molecule has 20 heavy (non-hydrogen) atoms. The molecule has 0 fully saturated rings. The predicted molar refractivity (Wildman–Crippen MR) is 81.5 cm³/mol. The molecule has 0 bridgehead atoms. The molecule has 0 amide bonds. The highest BCUT2D eigenvalue weighted by Gasteiger charge is 2.21. The Bertz CT molecular complexity index is 573. The Morgan fingerprint density at radius 3 is 2.60 bits per heavy atom. The number of fused-ring (bicyclic) bond motifs is 1. The van der Waals surface area contributed by atoms with Crippen molar-refractivity contribution in [1.29, 1.82) is 0 Å². The van der Waals surface area contributed by atoms with E-state index in [-0.39, 0.29) is 5.54 Å². The van der Waals surface area contributed by atoms with E-state index in [2.05, 4.69) is 32.8 Å². The third-order valence-electron chi connectivity index (χ3n) is 3.89. The summed E-state index contributed by atoms with van der Waals surface area (Å²) in [5.74, 6) is 0.836. The van der Waals surface area contributed by atoms with Crippen LogP contribution in [0.2, 0.25) is 0 Å². The van der Waals surface area contributed by atoms with Crippen LogP contribution >= 0.6 is 0 Å². The summed E-state index contributed by atoms with van der Waals surface area (Å²) in [5, 5.41) is 1.08. The summed E-state index contributed by atoms with van der Waals surface area (Å²) in [7, 11) is 4.10. The lowest BCUT2D eigenvalue weighted by Gasteiger charge is -2.32. The van der Waals surface area contributed by atoms with Gasteiger partial charge in [-0.2, -0.15) is 0 Å². The number of rotatable bonds is 6. The van der Waals surface area contributed by atoms with Gasteiger partial charge in [0.15, 0.2) is 0 Å². The highest BCUT2D eigenvalue weighted by atomic mass is 16.5. The van der Waals surface area contributed by atoms with Crippen LogP contribution in [0.4, 0.5) is 0 Å². The van der Waals surface area contributed by atoms with Gasteiger partial charge in [0.2, 0.25) is 0 Å². The summed E-state index contributed by atoms with van der Waals surface area (Å²) >= 11 is 0. The standard InChI is InChI=1S/C16H24N2O2/c1-16(2,18(3)4)11-19-10-15-13(9-17)12-7-5-6-8-14(12)20-15/h5-8H,9-11,17H2,1-4H3. The van der Waals surface area contributed by atoms with E-state index in [1.165, 1.54) is 0 Å². The molecule has 0 aliphatic rings. The number of likely N-dealkylation sites (N-methyl/N-ethyl adjacent to an activating group) is 1. The van der Waals surface area contributed by atoms with Gasteiger partial charge in [-0.15, -0.1) is 0 Å². The molecule has 2 aromatic rings. The Labute approximate surface area is 120 Å². The van der Waals surface area contributed by atoms with E-state index in [1.807, 2.05) is 24.3 Å². The summed E-state index contributed by atoms with van der Waals surface area (Å²) in [6.07, 6.45) is 0. The Morgan fingerprint density at radius 1 is 1.25 bits per heavy atom. The van der Waals surface area contributed by atoms with Crippen LogP contribution in [-0.2, 0) is 17.9 Å². The quantitative estimate of drug-likeness (QED) is 0.881. The second kappa shape index (κ2) is 5.95. The molecule has 1 heterocycles. The summed E-state index contributed by atoms with van der Waals surface area (Å²) in [6, 6.07) is 7.96. The van der Waals surface area contributed by atoms with Crippen LogP contribution in [0.25, 0.3) is 11.0 Å². The first-order valence-corrected chi connectivity index (χ1v) is 6.90. The van der Waals surface area contributed by atoms with Crippen molar-refractivity contribution < 1.29 is 9.15 Å². The fraction of sp³-hybridized carbons (Fsp3) is 0.500. The highest BCUT2D eigenvalue weighted by molar-refractivity contribution is 5.82. The van der Waals surface area contributed by atoms with Gasteiger partial charge in [-0.1, -0.05) is 18.2 Å². The first-order chi connectivity index (χ1) is 9.45. The number of hydrogen-bond acceptors (Lipinski definition) is 4. The smallest absolute Gasteiger partial charge is 0.135 e. The molecule has 0 saturated carbocycles. The number of ether oxygens (including phenoxy) is 1. The van der Waals surface area contributed by atoms with Crippen LogP contribution in [0.5, 0.6) is 0 Å². The summed E-state index contributed by atoms with van der Waals surface area (Å²) in [6.45, 7) is 5.86. The monoisotopic (exact) mass is 276 g/mol. The molecule has 0 spiro atoms. The molecule has 110 valence electrons. The molecule has 2 rings (SSSR count). The van der Waals surface area contributed by atoms with Gasteiger partial charge in [0.1, 0.15) is 18.0 Å². The molecule has 0 unspecified atom stereocenters. The number of hydrogen-bond donors (Lipinski definition) is 1. The first kappa shape index (κ1) is 15.0. The predicted octanol–water partition coefficient (Wildman–Crippen LogP) is 2.75. The van der Waals surface area contributed by atoms with Gasteiger partial charge >= 0.3 is 0 Å². The van der Waals surface area contributed by atoms with Gasteiger partial charge in [-0.25, -0.2) is 0 Å². The van der Waals surface area contributed by atoms with E-state index in [9.17, 15) is 0 Å². The minimum atomic E-state index is -0.00507. The molecule has 0 aliphatic carbocycles. The number of nitrogens with two attached hydrogens (primary N) is 1. The van der Waals surface area contributed by atoms with Crippen molar-refractivity contribution >= 4 is 11.0 Å². The average molecular weight is 276 g/mol. The third-order valence-corrected chi connectivity index (χ3v) is 3.89. The van der Waals surface area contributed by atoms with Crippen LogP contribution in [0.15, 0.2) is 28.7 Å². The van der Waals surface area contributed by atoms with Gasteiger partial charge in [0, 0.05) is 23.0 Å². The Morgan fingerprint density at radius 2 is 1.95 bits per heavy atom. The van der Waals surface area contributed by atoms with Crippen LogP contribution in [-0.4, -0.2) is 31.1 Å². The number of nitrogens with zero attached hydrogens (tertiary/aromatic N) is 1. The lowest BCUT2D eigenvalue weighted by atomic mass is 10.1. The number of para-hydroxylation sites is 1. The van der Waals surface area contributed by atoms with Gasteiger partial charge in [-0.3, -0.25) is 0 Å². The Balaban J connectivity index is 2.10. The van der Waals surface area contributed by atoms with Crippen molar-refractivity contribution in [3.8, 4) is 0 Å². The molecule has 0 atom stereocenters. The molecule has 2 N–H and O–H groups in total. The number of furan rings is 1. The second-order valence-electron chi connectivity index (χ2n) is 5.90. The highest BCUT2D eigenvalue weighted by Crippen LogP contribution is 2.26. The topological polar surface area (TPSA) is 51.6 Å². The zero-order valence-electron chi connectivity index (χ0n) is 12.8. The maximum absolute atomic E-state index is 5.85. The van der Waals surface area contributed by atoms with Crippen molar-refractivity contribution in [1.82, 2.24) is 4.90 Å². The zero-order valence-corrected chi connectivity index (χ0v) is 12.8. The van der Waals surface area contributed by atoms with Crippen LogP contribution in [0.1, 0.15) is 25.2 Å². The van der Waals surface area contributed by atoms with E-state index in [0.717, 1.165) is 22.3 Å². The third kappa shape index (κ3) is 3.03. The Hall–Kier alpha value is -1.36. The van der Waals surface area contributed by atoms with Gasteiger partial charge in [-0.05, 0) is 34.0 Å². The fourth-order valence-electron chi connectivity index (χ4n) is 2.01. The normalized spacial score (nSPS) is 12.5. The molecule has 4 nitrogen and oxygen atoms in total. The second-order valence-corrected chi connectivity index (χ2v) is 5.90. The molecular formula is C16H24N2O2. The molecule has 0 aliphatic heterocycles. The largest absolute Gasteiger partial charge is 0.458 e. The van der Waals surface area contributed by atoms with E-state index in [0.29, 0.717) is 19.8 Å². The minimum absolute atomic E-state index is 0.00507. The van der Waals surface area contributed by atoms with Gasteiger partial charge < -0.3 is 19.8 Å². The van der Waals surface area contributed by atoms with E-state index in [4.69, 9.17) is 14.9 Å². The molecule has 1 aromatic carbocycles. The van der Waals surface area contributed by atoms with Crippen LogP contribution in [0.3, 0.4) is 0 Å². The Kier molecular flexibility index (Phi) is 4.48. The van der Waals surface area contributed by atoms with Crippen molar-refractivity contribution in [3.63, 3.8) is 0 Å². The lowest BCUT2D eigenvalue weighted by molar-refractivity contribution is 0.0211. The first-order valence-electron chi connectivity index (χ1n) is 6.90. The van der Waals surface area contributed by atoms with Crippen molar-refractivity contribution in [2.45, 2.75) is 32.5 Å². The minimum Gasteiger partial charge on any atom is -0.458 e. The number of benzene rings is 1. The summed E-state index contributed by atoms with van der Waals surface area (Å²) in [4.78, 5) is 2.15. The molecule has 1 aromatic heterocycles. The summed E-state index contributed by atoms with van der Waals surface area (Å²) in [5.41, 5.74) is 7.76. The van der Waals surface area contributed by atoms with E-state index in [1.54, 1.807) is 0 Å². The van der Waals surface area contributed by atoms with Gasteiger partial charge in [0.05, 0.1) is 6.61 Å². The van der Waals surface area contributed by atoms with Crippen molar-refractivity contribution in [2.24, 2.45) is 5.73 Å². The van der Waals surface area contributed by atoms with Crippen molar-refractivity contribution in [3.05, 3.63) is 35.6 Å². The maximum atomic E-state index is 5.85. The van der Waals surface area contributed by atoms with E-state index < -0.39 is 0 Å². The molecular weight excluding hydrogens is 252 g/mol. The zero-order chi connectivity index (χ0) is 14.8. The van der Waals surface area contributed by atoms with Gasteiger partial charge in [0.25, 0.3) is 0 Å². The molecule has 0 saturated heterocycles. The average Bonchev–Trinajstić information content (AvgIpc) is 2.75. The lowest BCUT2D eigenvalue weighted by Crippen LogP contribution is -2.42. The van der Waals surface area contributed by atoms with E-state index >= 15 is 0 Å². The SMILES string of the molecule is CN(C)C(C)(C)COCc1oc2ccccc2c1CN. The fourth-order valence-corrected chi connectivity index (χ4v) is 2.01. The molecule has 0 radical (unpaired) electrons. The summed E-state index contributed by atoms with van der Waals surface area (Å²) < 4.78 is 11.7. The van der Waals surface area contributed by atoms with Crippen molar-refractivity contribution in [2.75, 3.05) is 20.7 Å². The molecule has 4 heteroatoms.